The van der Waals surface area contributed by atoms with Crippen molar-refractivity contribution in [3.05, 3.63) is 30.3 Å². The molecular weight excluding hydrogens is 207 g/mol. The van der Waals surface area contributed by atoms with E-state index in [2.05, 4.69) is 0 Å². The first kappa shape index (κ1) is 5.95. The van der Waals surface area contributed by atoms with Crippen LogP contribution in [0.1, 0.15) is 0 Å². The molecule has 0 aromatic heterocycles. The number of hydrogen-bond donors (Lipinski definition) is 0. The van der Waals surface area contributed by atoms with E-state index < -0.39 is 0 Å². The second-order valence-electron chi connectivity index (χ2n) is 1.52. The van der Waals surface area contributed by atoms with Gasteiger partial charge in [-0.1, -0.05) is 0 Å². The Bertz CT molecular complexity index is 150. The third kappa shape index (κ3) is 1.40. The molecule has 2 heteroatoms. The van der Waals surface area contributed by atoms with Crippen molar-refractivity contribution >= 4 is 22.9 Å². The van der Waals surface area contributed by atoms with Gasteiger partial charge in [0, 0.05) is 0 Å². The molecule has 0 atom stereocenters. The third-order valence-corrected chi connectivity index (χ3v) is 2.32. The van der Waals surface area contributed by atoms with Crippen LogP contribution in [0.5, 0.6) is 5.75 Å². The number of para-hydroxylation sites is 1. The van der Waals surface area contributed by atoms with Crippen LogP contribution in [-0.4, -0.2) is 22.9 Å². The van der Waals surface area contributed by atoms with Crippen LogP contribution in [0.4, 0.5) is 0 Å². The zero-order valence-electron chi connectivity index (χ0n) is 4.79. The molecule has 1 nitrogen and oxygen atoms in total. The van der Waals surface area contributed by atoms with Gasteiger partial charge in [-0.25, -0.2) is 0 Å². The van der Waals surface area contributed by atoms with Gasteiger partial charge in [-0.2, -0.15) is 0 Å². The van der Waals surface area contributed by atoms with E-state index >= 15 is 0 Å². The maximum absolute atomic E-state index is 5.12. The molecule has 0 saturated heterocycles. The van der Waals surface area contributed by atoms with Crippen molar-refractivity contribution in [2.45, 2.75) is 0 Å². The van der Waals surface area contributed by atoms with Gasteiger partial charge in [0.05, 0.1) is 0 Å². The summed E-state index contributed by atoms with van der Waals surface area (Å²) in [6.07, 6.45) is 0. The molecule has 0 unspecified atom stereocenters. The van der Waals surface area contributed by atoms with Crippen LogP contribution in [0, 0.1) is 0 Å². The topological polar surface area (TPSA) is 9.23 Å². The Morgan fingerprint density at radius 2 is 1.75 bits per heavy atom. The normalized spacial score (nSPS) is 9.00. The van der Waals surface area contributed by atoms with Crippen molar-refractivity contribution in [3.63, 3.8) is 0 Å². The Hall–Kier alpha value is -0.181. The summed E-state index contributed by atoms with van der Waals surface area (Å²) >= 11 is 0.323. The van der Waals surface area contributed by atoms with Crippen molar-refractivity contribution < 1.29 is 3.07 Å². The van der Waals surface area contributed by atoms with Gasteiger partial charge in [0.15, 0.2) is 0 Å². The summed E-state index contributed by atoms with van der Waals surface area (Å²) < 4.78 is 5.12. The minimum absolute atomic E-state index is 0.323. The predicted molar refractivity (Wildman–Crippen MR) is 37.0 cm³/mol. The summed E-state index contributed by atoms with van der Waals surface area (Å²) in [7, 11) is 0. The summed E-state index contributed by atoms with van der Waals surface area (Å²) in [5.74, 6) is 1.00. The van der Waals surface area contributed by atoms with Gasteiger partial charge in [0.2, 0.25) is 0 Å². The van der Waals surface area contributed by atoms with Crippen molar-refractivity contribution in [3.8, 4) is 5.75 Å². The molecule has 0 fully saturated rings. The van der Waals surface area contributed by atoms with Gasteiger partial charge >= 0.3 is 62.1 Å². The number of benzene rings is 1. The molecular formula is C6H8OSn. The summed E-state index contributed by atoms with van der Waals surface area (Å²) in [6.45, 7) is 0. The zero-order valence-corrected chi connectivity index (χ0v) is 10.5. The Labute approximate surface area is 62.3 Å². The first-order valence-corrected chi connectivity index (χ1v) is 4.85. The van der Waals surface area contributed by atoms with Gasteiger partial charge in [0.1, 0.15) is 0 Å². The molecule has 0 heterocycles. The molecule has 0 aliphatic heterocycles. The molecule has 1 aromatic rings. The van der Waals surface area contributed by atoms with Crippen LogP contribution >= 0.6 is 0 Å². The standard InChI is InChI=1S/C6H6O.Sn.3H/c7-6-4-2-1-3-5-6;;;;/h1-5,7H;;;;/q;+1;;;/p-1. The van der Waals surface area contributed by atoms with E-state index in [1.165, 1.54) is 0 Å². The SMILES string of the molecule is [SnH3][O]c1ccccc1. The van der Waals surface area contributed by atoms with Crippen LogP contribution in [0.25, 0.3) is 0 Å². The van der Waals surface area contributed by atoms with Gasteiger partial charge in [-0.3, -0.25) is 0 Å². The molecule has 1 aromatic carbocycles. The van der Waals surface area contributed by atoms with Crippen LogP contribution < -0.4 is 3.07 Å². The van der Waals surface area contributed by atoms with Crippen LogP contribution in [0.3, 0.4) is 0 Å². The van der Waals surface area contributed by atoms with Crippen LogP contribution in [-0.2, 0) is 0 Å². The van der Waals surface area contributed by atoms with Gasteiger partial charge in [-0.05, 0) is 0 Å². The van der Waals surface area contributed by atoms with E-state index in [0.717, 1.165) is 5.75 Å². The Balaban J connectivity index is 2.83. The van der Waals surface area contributed by atoms with E-state index in [9.17, 15) is 0 Å². The fourth-order valence-electron chi connectivity index (χ4n) is 0.557. The number of rotatable bonds is 1. The molecule has 42 valence electrons. The third-order valence-electron chi connectivity index (χ3n) is 0.979. The molecule has 8 heavy (non-hydrogen) atoms. The minimum atomic E-state index is 0.323. The molecule has 0 amide bonds. The van der Waals surface area contributed by atoms with Crippen molar-refractivity contribution in [1.82, 2.24) is 0 Å². The molecule has 0 spiro atoms. The van der Waals surface area contributed by atoms with Crippen molar-refractivity contribution in [2.24, 2.45) is 0 Å². The first-order chi connectivity index (χ1) is 3.93. The molecule has 1 rings (SSSR count). The van der Waals surface area contributed by atoms with Crippen LogP contribution in [0.2, 0.25) is 0 Å². The van der Waals surface area contributed by atoms with E-state index in [0.29, 0.717) is 22.9 Å². The van der Waals surface area contributed by atoms with Crippen LogP contribution in [0.15, 0.2) is 30.3 Å². The van der Waals surface area contributed by atoms with Crippen molar-refractivity contribution in [1.29, 1.82) is 0 Å². The van der Waals surface area contributed by atoms with E-state index in [4.69, 9.17) is 3.07 Å². The van der Waals surface area contributed by atoms with E-state index in [-0.39, 0.29) is 0 Å². The second-order valence-corrected chi connectivity index (χ2v) is 2.68. The zero-order chi connectivity index (χ0) is 5.82. The predicted octanol–water partition coefficient (Wildman–Crippen LogP) is 0.346. The average Bonchev–Trinajstić information content (AvgIpc) is 1.90. The van der Waals surface area contributed by atoms with Crippen molar-refractivity contribution in [2.75, 3.05) is 0 Å². The average molecular weight is 215 g/mol. The molecule has 0 aliphatic rings. The Morgan fingerprint density at radius 1 is 1.12 bits per heavy atom. The first-order valence-electron chi connectivity index (χ1n) is 2.52. The maximum atomic E-state index is 5.12. The molecule has 0 bridgehead atoms. The van der Waals surface area contributed by atoms with Gasteiger partial charge in [0.25, 0.3) is 0 Å². The van der Waals surface area contributed by atoms with Gasteiger partial charge < -0.3 is 0 Å². The molecule has 0 saturated carbocycles. The molecule has 0 radical (unpaired) electrons. The van der Waals surface area contributed by atoms with E-state index in [1.54, 1.807) is 0 Å². The van der Waals surface area contributed by atoms with E-state index in [1.807, 2.05) is 30.3 Å². The fraction of sp³-hybridized carbons (Fsp3) is 0. The molecule has 0 aliphatic carbocycles. The quantitative estimate of drug-likeness (QED) is 0.614. The molecule has 0 N–H and O–H groups in total. The fourth-order valence-corrected chi connectivity index (χ4v) is 1.33. The monoisotopic (exact) mass is 216 g/mol. The second kappa shape index (κ2) is 2.97. The Kier molecular flexibility index (Phi) is 2.21. The summed E-state index contributed by atoms with van der Waals surface area (Å²) in [5, 5.41) is 0. The summed E-state index contributed by atoms with van der Waals surface area (Å²) in [6, 6.07) is 9.88. The summed E-state index contributed by atoms with van der Waals surface area (Å²) in [4.78, 5) is 0. The number of hydrogen-bond acceptors (Lipinski definition) is 1. The summed E-state index contributed by atoms with van der Waals surface area (Å²) in [5.41, 5.74) is 0. The van der Waals surface area contributed by atoms with Gasteiger partial charge in [-0.15, -0.1) is 0 Å². The Morgan fingerprint density at radius 3 is 2.12 bits per heavy atom.